The summed E-state index contributed by atoms with van der Waals surface area (Å²) in [4.78, 5) is -0.288. The number of nitrogens with two attached hydrogens (primary N) is 1. The molecule has 26 heavy (non-hydrogen) atoms. The van der Waals surface area contributed by atoms with Crippen molar-refractivity contribution in [3.8, 4) is 6.07 Å². The van der Waals surface area contributed by atoms with Gasteiger partial charge in [-0.15, -0.1) is 12.4 Å². The van der Waals surface area contributed by atoms with Crippen LogP contribution in [0.25, 0.3) is 0 Å². The number of benzene rings is 1. The van der Waals surface area contributed by atoms with E-state index in [1.165, 1.54) is 10.4 Å². The lowest BCUT2D eigenvalue weighted by Crippen LogP contribution is -2.38. The van der Waals surface area contributed by atoms with Gasteiger partial charge in [-0.25, -0.2) is 8.42 Å². The molecule has 144 valence electrons. The van der Waals surface area contributed by atoms with E-state index in [9.17, 15) is 21.6 Å². The predicted octanol–water partition coefficient (Wildman–Crippen LogP) is 2.75. The van der Waals surface area contributed by atoms with E-state index in [4.69, 9.17) is 11.0 Å². The van der Waals surface area contributed by atoms with Gasteiger partial charge in [-0.2, -0.15) is 22.7 Å². The molecule has 0 radical (unpaired) electrons. The van der Waals surface area contributed by atoms with Crippen LogP contribution in [0.3, 0.4) is 0 Å². The lowest BCUT2D eigenvalue weighted by atomic mass is 9.78. The van der Waals surface area contributed by atoms with E-state index >= 15 is 0 Å². The second-order valence-electron chi connectivity index (χ2n) is 6.66. The molecule has 3 atom stereocenters. The first-order chi connectivity index (χ1) is 11.6. The molecule has 0 amide bonds. The Morgan fingerprint density at radius 2 is 1.92 bits per heavy atom. The molecule has 2 aliphatic rings. The lowest BCUT2D eigenvalue weighted by molar-refractivity contribution is -0.137. The number of hydrogen-bond donors (Lipinski definition) is 1. The Bertz CT molecular complexity index is 823. The van der Waals surface area contributed by atoms with Crippen LogP contribution in [0.2, 0.25) is 0 Å². The van der Waals surface area contributed by atoms with Gasteiger partial charge in [0.15, 0.2) is 0 Å². The quantitative estimate of drug-likeness (QED) is 0.813. The number of alkyl halides is 3. The summed E-state index contributed by atoms with van der Waals surface area (Å²) < 4.78 is 65.6. The number of hydrogen-bond acceptors (Lipinski definition) is 4. The summed E-state index contributed by atoms with van der Waals surface area (Å²) in [5, 5.41) is 8.97. The number of nitrogens with zero attached hydrogens (tertiary/aromatic N) is 2. The molecule has 0 aromatic heterocycles. The summed E-state index contributed by atoms with van der Waals surface area (Å²) in [7, 11) is -3.96. The van der Waals surface area contributed by atoms with Crippen LogP contribution in [0.1, 0.15) is 30.4 Å². The Kier molecular flexibility index (Phi) is 5.93. The van der Waals surface area contributed by atoms with Crippen molar-refractivity contribution in [2.45, 2.75) is 36.4 Å². The topological polar surface area (TPSA) is 87.2 Å². The molecule has 5 nitrogen and oxygen atoms in total. The molecule has 3 unspecified atom stereocenters. The third kappa shape index (κ3) is 3.69. The first-order valence-corrected chi connectivity index (χ1v) is 9.45. The lowest BCUT2D eigenvalue weighted by Gasteiger charge is -2.29. The average molecular weight is 410 g/mol. The zero-order valence-electron chi connectivity index (χ0n) is 13.7. The van der Waals surface area contributed by atoms with Crippen LogP contribution in [0.4, 0.5) is 13.2 Å². The normalized spacial score (nSPS) is 26.7. The zero-order valence-corrected chi connectivity index (χ0v) is 15.4. The molecule has 1 heterocycles. The minimum atomic E-state index is -4.71. The summed E-state index contributed by atoms with van der Waals surface area (Å²) in [6, 6.07) is 3.76. The van der Waals surface area contributed by atoms with Crippen LogP contribution < -0.4 is 5.73 Å². The SMILES string of the molecule is Cl.N#Cc1cc(S(=O)(=O)N2CC3CCCC(N)C3C2)ccc1C(F)(F)F. The number of rotatable bonds is 2. The molecule has 1 aliphatic carbocycles. The van der Waals surface area contributed by atoms with Crippen LogP contribution in [-0.2, 0) is 16.2 Å². The highest BCUT2D eigenvalue weighted by Gasteiger charge is 2.43. The Hall–Kier alpha value is -1.34. The summed E-state index contributed by atoms with van der Waals surface area (Å²) >= 11 is 0. The van der Waals surface area contributed by atoms with E-state index in [2.05, 4.69) is 0 Å². The van der Waals surface area contributed by atoms with Crippen molar-refractivity contribution < 1.29 is 21.6 Å². The minimum Gasteiger partial charge on any atom is -0.327 e. The van der Waals surface area contributed by atoms with E-state index < -0.39 is 27.3 Å². The average Bonchev–Trinajstić information content (AvgIpc) is 3.00. The molecule has 1 aromatic carbocycles. The number of fused-ring (bicyclic) bond motifs is 1. The van der Waals surface area contributed by atoms with E-state index in [0.717, 1.165) is 31.4 Å². The Morgan fingerprint density at radius 3 is 2.50 bits per heavy atom. The maximum absolute atomic E-state index is 12.9. The van der Waals surface area contributed by atoms with Crippen molar-refractivity contribution in [3.05, 3.63) is 29.3 Å². The monoisotopic (exact) mass is 409 g/mol. The van der Waals surface area contributed by atoms with E-state index in [1.54, 1.807) is 0 Å². The molecule has 0 bridgehead atoms. The van der Waals surface area contributed by atoms with Crippen LogP contribution in [0, 0.1) is 23.2 Å². The summed E-state index contributed by atoms with van der Waals surface area (Å²) in [6.07, 6.45) is -1.99. The second kappa shape index (κ2) is 7.35. The van der Waals surface area contributed by atoms with Gasteiger partial charge >= 0.3 is 6.18 Å². The summed E-state index contributed by atoms with van der Waals surface area (Å²) in [6.45, 7) is 0.598. The van der Waals surface area contributed by atoms with Crippen molar-refractivity contribution in [3.63, 3.8) is 0 Å². The minimum absolute atomic E-state index is 0. The van der Waals surface area contributed by atoms with Gasteiger partial charge in [0, 0.05) is 19.1 Å². The van der Waals surface area contributed by atoms with Gasteiger partial charge in [-0.1, -0.05) is 6.42 Å². The third-order valence-electron chi connectivity index (χ3n) is 5.18. The van der Waals surface area contributed by atoms with Gasteiger partial charge in [-0.3, -0.25) is 0 Å². The van der Waals surface area contributed by atoms with Gasteiger partial charge in [-0.05, 0) is 42.9 Å². The fourth-order valence-corrected chi connectivity index (χ4v) is 5.41. The van der Waals surface area contributed by atoms with Crippen LogP contribution >= 0.6 is 12.4 Å². The molecular weight excluding hydrogens is 391 g/mol. The molecule has 1 aromatic rings. The van der Waals surface area contributed by atoms with Crippen LogP contribution in [0.5, 0.6) is 0 Å². The highest BCUT2D eigenvalue weighted by molar-refractivity contribution is 7.89. The number of sulfonamides is 1. The van der Waals surface area contributed by atoms with Crippen molar-refractivity contribution in [2.24, 2.45) is 17.6 Å². The first-order valence-electron chi connectivity index (χ1n) is 8.01. The standard InChI is InChI=1S/C16H18F3N3O2S.ClH/c17-16(18,19)14-5-4-12(6-11(14)7-20)25(23,24)22-8-10-2-1-3-15(21)13(10)9-22;/h4-6,10,13,15H,1-3,8-9,21H2;1H. The van der Waals surface area contributed by atoms with Crippen molar-refractivity contribution >= 4 is 22.4 Å². The van der Waals surface area contributed by atoms with Gasteiger partial charge < -0.3 is 5.73 Å². The fraction of sp³-hybridized carbons (Fsp3) is 0.562. The van der Waals surface area contributed by atoms with E-state index in [1.807, 2.05) is 0 Å². The molecule has 1 aliphatic heterocycles. The summed E-state index contributed by atoms with van der Waals surface area (Å²) in [5.74, 6) is 0.261. The van der Waals surface area contributed by atoms with Crippen molar-refractivity contribution in [1.29, 1.82) is 5.26 Å². The van der Waals surface area contributed by atoms with Crippen LogP contribution in [-0.4, -0.2) is 31.9 Å². The predicted molar refractivity (Wildman–Crippen MR) is 91.0 cm³/mol. The first kappa shape index (κ1) is 21.0. The molecule has 0 spiro atoms. The van der Waals surface area contributed by atoms with E-state index in [-0.39, 0.29) is 41.7 Å². The number of nitriles is 1. The Morgan fingerprint density at radius 1 is 1.23 bits per heavy atom. The Labute approximate surface area is 156 Å². The third-order valence-corrected chi connectivity index (χ3v) is 7.00. The van der Waals surface area contributed by atoms with Crippen molar-refractivity contribution in [1.82, 2.24) is 4.31 Å². The van der Waals surface area contributed by atoms with Gasteiger partial charge in [0.25, 0.3) is 0 Å². The Balaban J connectivity index is 0.00000243. The van der Waals surface area contributed by atoms with Gasteiger partial charge in [0.05, 0.1) is 22.1 Å². The second-order valence-corrected chi connectivity index (χ2v) is 8.60. The summed E-state index contributed by atoms with van der Waals surface area (Å²) in [5.41, 5.74) is 4.26. The fourth-order valence-electron chi connectivity index (χ4n) is 3.84. The molecule has 2 fully saturated rings. The van der Waals surface area contributed by atoms with Gasteiger partial charge in [0.2, 0.25) is 10.0 Å². The van der Waals surface area contributed by atoms with E-state index in [0.29, 0.717) is 12.6 Å². The maximum atomic E-state index is 12.9. The molecule has 1 saturated heterocycles. The largest absolute Gasteiger partial charge is 0.417 e. The highest BCUT2D eigenvalue weighted by Crippen LogP contribution is 2.38. The molecule has 2 N–H and O–H groups in total. The van der Waals surface area contributed by atoms with Crippen molar-refractivity contribution in [2.75, 3.05) is 13.1 Å². The smallest absolute Gasteiger partial charge is 0.327 e. The highest BCUT2D eigenvalue weighted by atomic mass is 35.5. The molecular formula is C16H19ClF3N3O2S. The molecule has 3 rings (SSSR count). The number of halogens is 4. The zero-order chi connectivity index (χ0) is 18.4. The van der Waals surface area contributed by atoms with Gasteiger partial charge in [0.1, 0.15) is 0 Å². The molecule has 1 saturated carbocycles. The molecule has 10 heteroatoms. The van der Waals surface area contributed by atoms with Crippen LogP contribution in [0.15, 0.2) is 23.1 Å². The maximum Gasteiger partial charge on any atom is 0.417 e.